The molecule has 30 heavy (non-hydrogen) atoms. The van der Waals surface area contributed by atoms with Crippen molar-refractivity contribution in [3.63, 3.8) is 0 Å². The second-order valence-electron chi connectivity index (χ2n) is 5.57. The molecule has 2 rings (SSSR count). The van der Waals surface area contributed by atoms with E-state index in [1.54, 1.807) is 30.0 Å². The molecule has 0 bridgehead atoms. The Labute approximate surface area is 183 Å². The molecule has 3 N–H and O–H groups in total. The molecule has 0 radical (unpaired) electrons. The van der Waals surface area contributed by atoms with E-state index in [4.69, 9.17) is 26.6 Å². The van der Waals surface area contributed by atoms with Gasteiger partial charge in [-0.3, -0.25) is 0 Å². The number of carboxylic acid groups (broad SMARTS) is 2. The van der Waals surface area contributed by atoms with Crippen LogP contribution in [0.15, 0.2) is 53.4 Å². The van der Waals surface area contributed by atoms with Crippen LogP contribution in [-0.4, -0.2) is 35.0 Å². The van der Waals surface area contributed by atoms with E-state index in [1.165, 1.54) is 5.56 Å². The summed E-state index contributed by atoms with van der Waals surface area (Å²) in [7, 11) is 1.92. The minimum atomic E-state index is -1.26. The van der Waals surface area contributed by atoms with Gasteiger partial charge in [0.25, 0.3) is 0 Å². The first-order valence-corrected chi connectivity index (χ1v) is 10.1. The molecule has 0 unspecified atom stereocenters. The number of ether oxygens (including phenoxy) is 1. The number of aliphatic carboxylic acids is 2. The number of nitrogens with zero attached hydrogens (tertiary/aromatic N) is 1. The van der Waals surface area contributed by atoms with Crippen LogP contribution in [0.2, 0.25) is 5.02 Å². The highest BCUT2D eigenvalue weighted by atomic mass is 35.5. The number of carboxylic acids is 2. The minimum Gasteiger partial charge on any atom is -0.478 e. The summed E-state index contributed by atoms with van der Waals surface area (Å²) < 4.78 is 6.00. The van der Waals surface area contributed by atoms with Gasteiger partial charge in [0, 0.05) is 29.8 Å². The number of nitriles is 1. The highest BCUT2D eigenvalue weighted by Crippen LogP contribution is 2.37. The van der Waals surface area contributed by atoms with E-state index >= 15 is 0 Å². The van der Waals surface area contributed by atoms with E-state index in [-0.39, 0.29) is 0 Å². The molecular weight excluding hydrogens is 428 g/mol. The number of benzene rings is 2. The van der Waals surface area contributed by atoms with E-state index in [9.17, 15) is 14.9 Å². The predicted molar refractivity (Wildman–Crippen MR) is 116 cm³/mol. The fraction of sp³-hybridized carbons (Fsp3) is 0.190. The van der Waals surface area contributed by atoms with Gasteiger partial charge in [-0.2, -0.15) is 5.26 Å². The summed E-state index contributed by atoms with van der Waals surface area (Å²) in [6, 6.07) is 13.1. The van der Waals surface area contributed by atoms with Crippen LogP contribution in [0.25, 0.3) is 0 Å². The normalized spacial score (nSPS) is 10.1. The summed E-state index contributed by atoms with van der Waals surface area (Å²) in [5.74, 6) is -0.342. The Kier molecular flexibility index (Phi) is 11.1. The number of carbonyl (C=O) groups is 2. The maximum Gasteiger partial charge on any atom is 0.328 e. The first-order chi connectivity index (χ1) is 14.3. The van der Waals surface area contributed by atoms with Gasteiger partial charge in [-0.1, -0.05) is 30.7 Å². The highest BCUT2D eigenvalue weighted by Gasteiger charge is 2.12. The fourth-order valence-electron chi connectivity index (χ4n) is 2.21. The summed E-state index contributed by atoms with van der Waals surface area (Å²) >= 11 is 7.74. The van der Waals surface area contributed by atoms with Crippen LogP contribution < -0.4 is 10.1 Å². The molecule has 0 aromatic heterocycles. The predicted octanol–water partition coefficient (Wildman–Crippen LogP) is 4.55. The monoisotopic (exact) mass is 448 g/mol. The van der Waals surface area contributed by atoms with Gasteiger partial charge in [-0.25, -0.2) is 9.59 Å². The van der Waals surface area contributed by atoms with Gasteiger partial charge in [0.15, 0.2) is 0 Å². The zero-order chi connectivity index (χ0) is 22.5. The number of hydrogen-bond donors (Lipinski definition) is 3. The van der Waals surface area contributed by atoms with Crippen LogP contribution >= 0.6 is 23.4 Å². The molecule has 0 aliphatic rings. The Morgan fingerprint density at radius 2 is 1.87 bits per heavy atom. The number of hydrogen-bond acceptors (Lipinski definition) is 6. The third kappa shape index (κ3) is 8.57. The molecule has 0 saturated heterocycles. The Bertz CT molecular complexity index is 941. The third-order valence-electron chi connectivity index (χ3n) is 3.37. The second kappa shape index (κ2) is 13.3. The van der Waals surface area contributed by atoms with Crippen molar-refractivity contribution in [2.75, 3.05) is 12.8 Å². The Morgan fingerprint density at radius 1 is 1.20 bits per heavy atom. The quantitative estimate of drug-likeness (QED) is 0.397. The van der Waals surface area contributed by atoms with Crippen molar-refractivity contribution >= 4 is 35.3 Å². The molecule has 0 aliphatic heterocycles. The second-order valence-corrected chi connectivity index (χ2v) is 7.28. The van der Waals surface area contributed by atoms with Gasteiger partial charge in [0.2, 0.25) is 0 Å². The molecule has 0 amide bonds. The van der Waals surface area contributed by atoms with Gasteiger partial charge < -0.3 is 20.3 Å². The highest BCUT2D eigenvalue weighted by molar-refractivity contribution is 7.99. The molecule has 7 nitrogen and oxygen atoms in total. The average molecular weight is 449 g/mol. The standard InChI is InChI=1S/C17H17ClN2OS.C4H4O4/c1-3-22-17-13(11-20-2)5-4-6-15(17)21-16-9-14(18)8-7-12(16)10-19;5-3(6)1-2-4(7)8/h4-9,20H,3,11H2,1-2H3;1-2H,(H,5,6)(H,7,8). The molecule has 0 heterocycles. The maximum atomic E-state index is 9.55. The van der Waals surface area contributed by atoms with Crippen LogP contribution in [0.3, 0.4) is 0 Å². The number of nitrogens with one attached hydrogen (secondary N) is 1. The van der Waals surface area contributed by atoms with Crippen molar-refractivity contribution in [2.24, 2.45) is 0 Å². The van der Waals surface area contributed by atoms with Crippen LogP contribution in [-0.2, 0) is 16.1 Å². The molecule has 0 aliphatic carbocycles. The lowest BCUT2D eigenvalue weighted by molar-refractivity contribution is -0.134. The van der Waals surface area contributed by atoms with E-state index < -0.39 is 11.9 Å². The topological polar surface area (TPSA) is 120 Å². The molecule has 2 aromatic rings. The lowest BCUT2D eigenvalue weighted by Crippen LogP contribution is -2.06. The zero-order valence-electron chi connectivity index (χ0n) is 16.4. The summed E-state index contributed by atoms with van der Waals surface area (Å²) in [6.45, 7) is 2.87. The Hall–Kier alpha value is -2.99. The molecular formula is C21H21ClN2O5S. The maximum absolute atomic E-state index is 9.55. The number of halogens is 1. The summed E-state index contributed by atoms with van der Waals surface area (Å²) in [5, 5.41) is 28.5. The first kappa shape index (κ1) is 25.0. The number of thioether (sulfide) groups is 1. The molecule has 158 valence electrons. The SMILES string of the molecule is CCSc1c(CNC)cccc1Oc1cc(Cl)ccc1C#N.O=C(O)C=CC(=O)O. The third-order valence-corrected chi connectivity index (χ3v) is 4.64. The van der Waals surface area contributed by atoms with Crippen LogP contribution in [0.1, 0.15) is 18.1 Å². The average Bonchev–Trinajstić information content (AvgIpc) is 2.70. The van der Waals surface area contributed by atoms with Crippen LogP contribution in [0, 0.1) is 11.3 Å². The fourth-order valence-corrected chi connectivity index (χ4v) is 3.24. The number of rotatable bonds is 8. The molecule has 0 fully saturated rings. The summed E-state index contributed by atoms with van der Waals surface area (Å²) in [6.07, 6.45) is 1.12. The van der Waals surface area contributed by atoms with Gasteiger partial charge in [-0.15, -0.1) is 11.8 Å². The smallest absolute Gasteiger partial charge is 0.328 e. The Balaban J connectivity index is 0.000000479. The van der Waals surface area contributed by atoms with E-state index in [2.05, 4.69) is 24.4 Å². The molecule has 9 heteroatoms. The van der Waals surface area contributed by atoms with Gasteiger partial charge in [-0.05, 0) is 36.6 Å². The van der Waals surface area contributed by atoms with Crippen molar-refractivity contribution < 1.29 is 24.5 Å². The lowest BCUT2D eigenvalue weighted by Gasteiger charge is -2.15. The molecule has 0 spiro atoms. The van der Waals surface area contributed by atoms with E-state index in [1.807, 2.05) is 19.2 Å². The lowest BCUT2D eigenvalue weighted by atomic mass is 10.2. The van der Waals surface area contributed by atoms with Crippen molar-refractivity contribution in [3.8, 4) is 17.6 Å². The molecule has 0 atom stereocenters. The van der Waals surface area contributed by atoms with Crippen LogP contribution in [0.5, 0.6) is 11.5 Å². The Morgan fingerprint density at radius 3 is 2.40 bits per heavy atom. The van der Waals surface area contributed by atoms with Crippen molar-refractivity contribution in [3.05, 3.63) is 64.7 Å². The van der Waals surface area contributed by atoms with Crippen molar-refractivity contribution in [1.82, 2.24) is 5.32 Å². The van der Waals surface area contributed by atoms with Gasteiger partial charge in [0.1, 0.15) is 17.6 Å². The van der Waals surface area contributed by atoms with E-state index in [0.717, 1.165) is 22.9 Å². The zero-order valence-corrected chi connectivity index (χ0v) is 18.0. The molecule has 0 saturated carbocycles. The van der Waals surface area contributed by atoms with Gasteiger partial charge >= 0.3 is 11.9 Å². The molecule has 2 aromatic carbocycles. The largest absolute Gasteiger partial charge is 0.478 e. The van der Waals surface area contributed by atoms with Gasteiger partial charge in [0.05, 0.1) is 10.5 Å². The van der Waals surface area contributed by atoms with Crippen molar-refractivity contribution in [2.45, 2.75) is 18.4 Å². The van der Waals surface area contributed by atoms with Crippen molar-refractivity contribution in [1.29, 1.82) is 5.26 Å². The minimum absolute atomic E-state index is 0.468. The van der Waals surface area contributed by atoms with Crippen LogP contribution in [0.4, 0.5) is 0 Å². The first-order valence-electron chi connectivity index (χ1n) is 8.73. The van der Waals surface area contributed by atoms with E-state index in [0.29, 0.717) is 28.5 Å². The summed E-state index contributed by atoms with van der Waals surface area (Å²) in [5.41, 5.74) is 1.64. The summed E-state index contributed by atoms with van der Waals surface area (Å²) in [4.78, 5) is 20.2.